The van der Waals surface area contributed by atoms with Crippen molar-refractivity contribution in [2.45, 2.75) is 31.9 Å². The maximum Gasteiger partial charge on any atom is 0.416 e. The Kier molecular flexibility index (Phi) is 6.97. The zero-order valence-corrected chi connectivity index (χ0v) is 16.5. The lowest BCUT2D eigenvalue weighted by Crippen LogP contribution is -2.31. The number of halogens is 3. The third-order valence-corrected chi connectivity index (χ3v) is 4.95. The lowest BCUT2D eigenvalue weighted by molar-refractivity contribution is -0.137. The first-order valence-corrected chi connectivity index (χ1v) is 9.93. The van der Waals surface area contributed by atoms with E-state index in [0.29, 0.717) is 11.3 Å². The molecule has 0 unspecified atom stereocenters. The molecule has 2 aromatic carbocycles. The van der Waals surface area contributed by atoms with Crippen LogP contribution >= 0.6 is 0 Å². The van der Waals surface area contributed by atoms with Gasteiger partial charge < -0.3 is 15.5 Å². The molecule has 3 rings (SSSR count). The molecule has 30 heavy (non-hydrogen) atoms. The molecule has 1 aliphatic heterocycles. The van der Waals surface area contributed by atoms with Crippen molar-refractivity contribution in [3.05, 3.63) is 59.7 Å². The third-order valence-electron chi connectivity index (χ3n) is 4.95. The zero-order chi connectivity index (χ0) is 21.6. The number of benzene rings is 2. The van der Waals surface area contributed by atoms with Crippen molar-refractivity contribution >= 4 is 23.2 Å². The number of carbonyl (C=O) groups is 2. The van der Waals surface area contributed by atoms with Crippen LogP contribution in [0.2, 0.25) is 0 Å². The van der Waals surface area contributed by atoms with E-state index in [4.69, 9.17) is 0 Å². The van der Waals surface area contributed by atoms with Crippen molar-refractivity contribution in [3.8, 4) is 0 Å². The normalized spacial score (nSPS) is 14.7. The molecule has 0 aliphatic carbocycles. The van der Waals surface area contributed by atoms with E-state index in [-0.39, 0.29) is 18.1 Å². The van der Waals surface area contributed by atoms with Gasteiger partial charge in [-0.3, -0.25) is 9.59 Å². The Morgan fingerprint density at radius 3 is 2.20 bits per heavy atom. The molecule has 5 nitrogen and oxygen atoms in total. The number of hydrogen-bond donors (Lipinski definition) is 2. The van der Waals surface area contributed by atoms with Crippen molar-refractivity contribution in [3.63, 3.8) is 0 Å². The maximum absolute atomic E-state index is 12.8. The Balaban J connectivity index is 1.52. The lowest BCUT2D eigenvalue weighted by atomic mass is 10.1. The Labute approximate surface area is 173 Å². The molecule has 0 aromatic heterocycles. The van der Waals surface area contributed by atoms with Gasteiger partial charge in [-0.1, -0.05) is 18.9 Å². The van der Waals surface area contributed by atoms with Crippen LogP contribution in [0.4, 0.5) is 24.5 Å². The smallest absolute Gasteiger partial charge is 0.376 e. The zero-order valence-electron chi connectivity index (χ0n) is 16.5. The number of likely N-dealkylation sites (tertiary alicyclic amines) is 1. The predicted molar refractivity (Wildman–Crippen MR) is 109 cm³/mol. The highest BCUT2D eigenvalue weighted by atomic mass is 19.4. The van der Waals surface area contributed by atoms with E-state index in [2.05, 4.69) is 10.6 Å². The van der Waals surface area contributed by atoms with Crippen LogP contribution < -0.4 is 10.6 Å². The Morgan fingerprint density at radius 2 is 1.57 bits per heavy atom. The fourth-order valence-electron chi connectivity index (χ4n) is 3.35. The Hall–Kier alpha value is -3.03. The molecular weight excluding hydrogens is 395 g/mol. The van der Waals surface area contributed by atoms with E-state index in [9.17, 15) is 22.8 Å². The number of nitrogens with one attached hydrogen (secondary N) is 2. The van der Waals surface area contributed by atoms with Gasteiger partial charge in [0.05, 0.1) is 12.1 Å². The van der Waals surface area contributed by atoms with E-state index in [1.807, 2.05) is 4.90 Å². The van der Waals surface area contributed by atoms with Gasteiger partial charge in [-0.25, -0.2) is 0 Å². The predicted octanol–water partition coefficient (Wildman–Crippen LogP) is 4.77. The van der Waals surface area contributed by atoms with Gasteiger partial charge in [0.25, 0.3) is 5.91 Å². The number of hydrogen-bond acceptors (Lipinski definition) is 3. The van der Waals surface area contributed by atoms with Gasteiger partial charge in [0.1, 0.15) is 0 Å². The summed E-state index contributed by atoms with van der Waals surface area (Å²) in [6.45, 7) is 1.43. The summed E-state index contributed by atoms with van der Waals surface area (Å²) in [5, 5.41) is 5.35. The molecule has 160 valence electrons. The number of carbonyl (C=O) groups excluding carboxylic acids is 2. The molecular formula is C22H24F3N3O2. The van der Waals surface area contributed by atoms with Crippen LogP contribution in [-0.2, 0) is 11.0 Å². The minimum absolute atomic E-state index is 0.00531. The molecule has 2 aromatic rings. The van der Waals surface area contributed by atoms with Crippen LogP contribution in [0, 0.1) is 0 Å². The van der Waals surface area contributed by atoms with E-state index in [1.54, 1.807) is 24.3 Å². The lowest BCUT2D eigenvalue weighted by Gasteiger charge is -2.20. The highest BCUT2D eigenvalue weighted by Crippen LogP contribution is 2.30. The number of nitrogens with zero attached hydrogens (tertiary/aromatic N) is 1. The van der Waals surface area contributed by atoms with Gasteiger partial charge in [0, 0.05) is 30.0 Å². The molecule has 2 amide bonds. The number of anilines is 2. The molecule has 8 heteroatoms. The van der Waals surface area contributed by atoms with Gasteiger partial charge in [-0.05, 0) is 55.3 Å². The summed E-state index contributed by atoms with van der Waals surface area (Å²) in [4.78, 5) is 26.5. The summed E-state index contributed by atoms with van der Waals surface area (Å²) in [5.74, 6) is -0.468. The Bertz CT molecular complexity index is 874. The quantitative estimate of drug-likeness (QED) is 0.734. The van der Waals surface area contributed by atoms with Crippen LogP contribution in [0.15, 0.2) is 48.5 Å². The van der Waals surface area contributed by atoms with Crippen LogP contribution in [0.25, 0.3) is 0 Å². The molecule has 0 saturated carbocycles. The first-order chi connectivity index (χ1) is 14.3. The number of rotatable bonds is 5. The van der Waals surface area contributed by atoms with Gasteiger partial charge in [0.15, 0.2) is 0 Å². The average Bonchev–Trinajstić information content (AvgIpc) is 3.01. The Morgan fingerprint density at radius 1 is 0.900 bits per heavy atom. The van der Waals surface area contributed by atoms with E-state index in [1.165, 1.54) is 12.1 Å². The topological polar surface area (TPSA) is 61.4 Å². The number of amides is 2. The summed E-state index contributed by atoms with van der Waals surface area (Å²) in [5.41, 5.74) is 0.491. The first kappa shape index (κ1) is 21.7. The van der Waals surface area contributed by atoms with Crippen LogP contribution in [0.3, 0.4) is 0 Å². The molecule has 1 saturated heterocycles. The van der Waals surface area contributed by atoms with Gasteiger partial charge in [0.2, 0.25) is 5.91 Å². The second-order valence-corrected chi connectivity index (χ2v) is 7.26. The van der Waals surface area contributed by atoms with Crippen LogP contribution in [0.5, 0.6) is 0 Å². The summed E-state index contributed by atoms with van der Waals surface area (Å²) < 4.78 is 38.3. The molecule has 0 atom stereocenters. The molecule has 0 bridgehead atoms. The largest absolute Gasteiger partial charge is 0.416 e. The highest BCUT2D eigenvalue weighted by molar-refractivity contribution is 5.95. The summed E-state index contributed by atoms with van der Waals surface area (Å²) in [6.07, 6.45) is -0.130. The fraction of sp³-hybridized carbons (Fsp3) is 0.364. The molecule has 2 N–H and O–H groups in total. The molecule has 1 fully saturated rings. The van der Waals surface area contributed by atoms with Crippen LogP contribution in [0.1, 0.15) is 41.6 Å². The minimum atomic E-state index is -4.47. The van der Waals surface area contributed by atoms with Crippen molar-refractivity contribution in [2.75, 3.05) is 30.3 Å². The van der Waals surface area contributed by atoms with E-state index >= 15 is 0 Å². The van der Waals surface area contributed by atoms with Crippen LogP contribution in [-0.4, -0.2) is 36.3 Å². The summed E-state index contributed by atoms with van der Waals surface area (Å²) >= 11 is 0. The summed E-state index contributed by atoms with van der Waals surface area (Å²) in [6, 6.07) is 11.3. The third kappa shape index (κ3) is 5.98. The monoisotopic (exact) mass is 419 g/mol. The van der Waals surface area contributed by atoms with Gasteiger partial charge >= 0.3 is 6.18 Å². The SMILES string of the molecule is O=C(CNc1ccc(C(=O)N2CCCCCC2)cc1)Nc1cccc(C(F)(F)F)c1. The highest BCUT2D eigenvalue weighted by Gasteiger charge is 2.30. The maximum atomic E-state index is 12.8. The van der Waals surface area contributed by atoms with Crippen molar-refractivity contribution in [1.29, 1.82) is 0 Å². The van der Waals surface area contributed by atoms with Crippen molar-refractivity contribution in [2.24, 2.45) is 0 Å². The molecule has 1 heterocycles. The average molecular weight is 419 g/mol. The molecule has 1 aliphatic rings. The molecule has 0 spiro atoms. The first-order valence-electron chi connectivity index (χ1n) is 9.93. The number of alkyl halides is 3. The summed E-state index contributed by atoms with van der Waals surface area (Å²) in [7, 11) is 0. The second-order valence-electron chi connectivity index (χ2n) is 7.26. The van der Waals surface area contributed by atoms with Gasteiger partial charge in [-0.15, -0.1) is 0 Å². The second kappa shape index (κ2) is 9.65. The van der Waals surface area contributed by atoms with E-state index in [0.717, 1.165) is 50.9 Å². The minimum Gasteiger partial charge on any atom is -0.376 e. The van der Waals surface area contributed by atoms with Crippen molar-refractivity contribution in [1.82, 2.24) is 4.90 Å². The van der Waals surface area contributed by atoms with E-state index < -0.39 is 17.6 Å². The molecule has 0 radical (unpaired) electrons. The standard InChI is InChI=1S/C22H24F3N3O2/c23-22(24,25)17-6-5-7-19(14-17)27-20(29)15-26-18-10-8-16(9-11-18)21(30)28-12-3-1-2-4-13-28/h5-11,14,26H,1-4,12-13,15H2,(H,27,29). The van der Waals surface area contributed by atoms with Crippen molar-refractivity contribution < 1.29 is 22.8 Å². The van der Waals surface area contributed by atoms with Gasteiger partial charge in [-0.2, -0.15) is 13.2 Å². The fourth-order valence-corrected chi connectivity index (χ4v) is 3.35.